The summed E-state index contributed by atoms with van der Waals surface area (Å²) in [5, 5.41) is 10.7. The lowest BCUT2D eigenvalue weighted by molar-refractivity contribution is 0.0660. The van der Waals surface area contributed by atoms with Crippen molar-refractivity contribution in [1.82, 2.24) is 24.6 Å². The molecule has 0 saturated carbocycles. The van der Waals surface area contributed by atoms with E-state index in [1.165, 1.54) is 11.3 Å². The summed E-state index contributed by atoms with van der Waals surface area (Å²) < 4.78 is 2.19. The summed E-state index contributed by atoms with van der Waals surface area (Å²) >= 11 is 1.46. The maximum absolute atomic E-state index is 12.9. The first-order valence-corrected chi connectivity index (χ1v) is 9.44. The number of hydrogen-bond acceptors (Lipinski definition) is 5. The molecule has 1 saturated heterocycles. The lowest BCUT2D eigenvalue weighted by Crippen LogP contribution is -2.42. The molecular formula is C18H17N5OS. The molecule has 1 aromatic carbocycles. The van der Waals surface area contributed by atoms with Crippen molar-refractivity contribution in [3.05, 3.63) is 52.7 Å². The minimum atomic E-state index is 0.0497. The van der Waals surface area contributed by atoms with E-state index in [9.17, 15) is 4.79 Å². The Morgan fingerprint density at radius 3 is 2.76 bits per heavy atom. The minimum absolute atomic E-state index is 0.0497. The highest BCUT2D eigenvalue weighted by atomic mass is 32.1. The molecule has 0 unspecified atom stereocenters. The number of amides is 1. The van der Waals surface area contributed by atoms with E-state index in [4.69, 9.17) is 0 Å². The molecule has 2 aromatic heterocycles. The molecular weight excluding hydrogens is 334 g/mol. The van der Waals surface area contributed by atoms with Crippen LogP contribution in [-0.2, 0) is 13.0 Å². The lowest BCUT2D eigenvalue weighted by Gasteiger charge is -2.27. The number of rotatable bonds is 2. The zero-order chi connectivity index (χ0) is 16.8. The van der Waals surface area contributed by atoms with Crippen LogP contribution in [0, 0.1) is 0 Å². The van der Waals surface area contributed by atoms with Crippen molar-refractivity contribution in [3.63, 3.8) is 0 Å². The molecule has 126 valence electrons. The number of carbonyl (C=O) groups excluding carboxylic acids is 1. The van der Waals surface area contributed by atoms with Crippen LogP contribution in [0.4, 0.5) is 0 Å². The van der Waals surface area contributed by atoms with Crippen molar-refractivity contribution in [2.45, 2.75) is 37.9 Å². The van der Waals surface area contributed by atoms with Crippen molar-refractivity contribution in [2.75, 3.05) is 0 Å². The monoisotopic (exact) mass is 351 g/mol. The molecule has 25 heavy (non-hydrogen) atoms. The van der Waals surface area contributed by atoms with Crippen LogP contribution in [0.15, 0.2) is 41.2 Å². The molecule has 0 N–H and O–H groups in total. The van der Waals surface area contributed by atoms with Gasteiger partial charge in [-0.1, -0.05) is 30.3 Å². The van der Waals surface area contributed by atoms with Crippen molar-refractivity contribution in [3.8, 4) is 11.4 Å². The van der Waals surface area contributed by atoms with Gasteiger partial charge in [0.15, 0.2) is 5.82 Å². The number of nitrogens with zero attached hydrogens (tertiary/aromatic N) is 5. The Balaban J connectivity index is 1.51. The molecule has 1 fully saturated rings. The van der Waals surface area contributed by atoms with E-state index in [0.29, 0.717) is 5.69 Å². The summed E-state index contributed by atoms with van der Waals surface area (Å²) in [5.74, 6) is 1.92. The molecule has 2 bridgehead atoms. The van der Waals surface area contributed by atoms with Gasteiger partial charge >= 0.3 is 0 Å². The fourth-order valence-electron chi connectivity index (χ4n) is 4.02. The van der Waals surface area contributed by atoms with Gasteiger partial charge in [0.2, 0.25) is 0 Å². The van der Waals surface area contributed by atoms with Crippen LogP contribution in [0.1, 0.15) is 29.2 Å². The molecule has 0 radical (unpaired) electrons. The van der Waals surface area contributed by atoms with Gasteiger partial charge < -0.3 is 9.47 Å². The Hall–Kier alpha value is -2.54. The second-order valence-electron chi connectivity index (χ2n) is 6.59. The minimum Gasteiger partial charge on any atom is -0.329 e. The second-order valence-corrected chi connectivity index (χ2v) is 7.31. The molecule has 3 aromatic rings. The number of aromatic nitrogens is 4. The number of benzene rings is 1. The number of thiazole rings is 1. The molecule has 0 spiro atoms. The fourth-order valence-corrected chi connectivity index (χ4v) is 4.55. The Labute approximate surface area is 149 Å². The highest BCUT2D eigenvalue weighted by Crippen LogP contribution is 2.34. The van der Waals surface area contributed by atoms with Crippen molar-refractivity contribution in [1.29, 1.82) is 0 Å². The zero-order valence-corrected chi connectivity index (χ0v) is 14.4. The van der Waals surface area contributed by atoms with Gasteiger partial charge in [0, 0.05) is 30.0 Å². The largest absolute Gasteiger partial charge is 0.329 e. The van der Waals surface area contributed by atoms with Gasteiger partial charge in [0.25, 0.3) is 5.91 Å². The molecule has 0 aliphatic carbocycles. The first-order valence-electron chi connectivity index (χ1n) is 8.49. The highest BCUT2D eigenvalue weighted by molar-refractivity contribution is 7.07. The smallest absolute Gasteiger partial charge is 0.273 e. The summed E-state index contributed by atoms with van der Waals surface area (Å²) in [7, 11) is 0. The molecule has 1 amide bonds. The average molecular weight is 351 g/mol. The van der Waals surface area contributed by atoms with E-state index >= 15 is 0 Å². The van der Waals surface area contributed by atoms with E-state index < -0.39 is 0 Å². The van der Waals surface area contributed by atoms with E-state index in [0.717, 1.165) is 43.0 Å². The molecule has 7 heteroatoms. The topological polar surface area (TPSA) is 63.9 Å². The van der Waals surface area contributed by atoms with Crippen molar-refractivity contribution < 1.29 is 4.79 Å². The lowest BCUT2D eigenvalue weighted by atomic mass is 10.1. The molecule has 2 aliphatic rings. The molecule has 6 nitrogen and oxygen atoms in total. The number of hydrogen-bond donors (Lipinski definition) is 0. The second kappa shape index (κ2) is 5.77. The third-order valence-electron chi connectivity index (χ3n) is 5.18. The third kappa shape index (κ3) is 2.38. The molecule has 2 atom stereocenters. The normalized spacial score (nSPS) is 21.8. The first-order chi connectivity index (χ1) is 12.3. The van der Waals surface area contributed by atoms with Crippen LogP contribution in [0.2, 0.25) is 0 Å². The predicted octanol–water partition coefficient (Wildman–Crippen LogP) is 2.63. The quantitative estimate of drug-likeness (QED) is 0.712. The van der Waals surface area contributed by atoms with Crippen molar-refractivity contribution in [2.24, 2.45) is 0 Å². The van der Waals surface area contributed by atoms with Gasteiger partial charge in [-0.05, 0) is 12.8 Å². The third-order valence-corrected chi connectivity index (χ3v) is 5.76. The summed E-state index contributed by atoms with van der Waals surface area (Å²) in [6, 6.07) is 10.5. The Morgan fingerprint density at radius 1 is 1.12 bits per heavy atom. The van der Waals surface area contributed by atoms with Crippen LogP contribution < -0.4 is 0 Å². The Kier molecular flexibility index (Phi) is 3.41. The van der Waals surface area contributed by atoms with Crippen LogP contribution in [0.5, 0.6) is 0 Å². The first kappa shape index (κ1) is 14.8. The van der Waals surface area contributed by atoms with Crippen LogP contribution in [0.3, 0.4) is 0 Å². The van der Waals surface area contributed by atoms with Gasteiger partial charge in [-0.3, -0.25) is 4.79 Å². The highest BCUT2D eigenvalue weighted by Gasteiger charge is 2.41. The summed E-state index contributed by atoms with van der Waals surface area (Å²) in [6.45, 7) is 0.749. The Morgan fingerprint density at radius 2 is 1.96 bits per heavy atom. The van der Waals surface area contributed by atoms with Gasteiger partial charge in [0.05, 0.1) is 11.6 Å². The maximum atomic E-state index is 12.9. The Bertz CT molecular complexity index is 905. The summed E-state index contributed by atoms with van der Waals surface area (Å²) in [6.07, 6.45) is 2.80. The van der Waals surface area contributed by atoms with Gasteiger partial charge in [0.1, 0.15) is 11.5 Å². The average Bonchev–Trinajstić information content (AvgIpc) is 3.35. The number of carbonyl (C=O) groups is 1. The van der Waals surface area contributed by atoms with Crippen molar-refractivity contribution >= 4 is 17.2 Å². The van der Waals surface area contributed by atoms with Gasteiger partial charge in [-0.2, -0.15) is 0 Å². The molecule has 5 rings (SSSR count). The van der Waals surface area contributed by atoms with Crippen LogP contribution >= 0.6 is 11.3 Å². The molecule has 2 aliphatic heterocycles. The number of fused-ring (bicyclic) bond motifs is 3. The SMILES string of the molecule is O=C(c1cscn1)N1[C@@H]2CC[C@H]1Cc1nnc(-c3ccccc3)n1C2. The summed E-state index contributed by atoms with van der Waals surface area (Å²) in [5.41, 5.74) is 3.34. The van der Waals surface area contributed by atoms with Crippen LogP contribution in [-0.4, -0.2) is 42.6 Å². The molecule has 4 heterocycles. The summed E-state index contributed by atoms with van der Waals surface area (Å²) in [4.78, 5) is 19.2. The van der Waals surface area contributed by atoms with Gasteiger partial charge in [-0.25, -0.2) is 4.98 Å². The maximum Gasteiger partial charge on any atom is 0.273 e. The predicted molar refractivity (Wildman–Crippen MR) is 94.3 cm³/mol. The van der Waals surface area contributed by atoms with E-state index in [1.807, 2.05) is 28.5 Å². The van der Waals surface area contributed by atoms with Gasteiger partial charge in [-0.15, -0.1) is 21.5 Å². The standard InChI is InChI=1S/C18H17N5OS/c24-18(15-10-25-11-19-15)23-13-6-7-14(23)9-22-16(8-13)20-21-17(22)12-4-2-1-3-5-12/h1-5,10-11,13-14H,6-9H2/t13-,14+/m0/s1. The van der Waals surface area contributed by atoms with E-state index in [2.05, 4.69) is 31.9 Å². The van der Waals surface area contributed by atoms with E-state index in [1.54, 1.807) is 5.51 Å². The van der Waals surface area contributed by atoms with Crippen LogP contribution in [0.25, 0.3) is 11.4 Å². The van der Waals surface area contributed by atoms with E-state index in [-0.39, 0.29) is 18.0 Å². The zero-order valence-electron chi connectivity index (χ0n) is 13.6. The fraction of sp³-hybridized carbons (Fsp3) is 0.333.